The Bertz CT molecular complexity index is 535. The molecule has 1 saturated heterocycles. The molecule has 0 aromatic heterocycles. The van der Waals surface area contributed by atoms with Crippen molar-refractivity contribution in [3.63, 3.8) is 0 Å². The molecule has 1 aliphatic heterocycles. The quantitative estimate of drug-likeness (QED) is 0.853. The van der Waals surface area contributed by atoms with Crippen molar-refractivity contribution in [3.8, 4) is 0 Å². The molecule has 21 heavy (non-hydrogen) atoms. The smallest absolute Gasteiger partial charge is 0.321 e. The molecule has 4 nitrogen and oxygen atoms in total. The third-order valence-corrected chi connectivity index (χ3v) is 4.75. The third kappa shape index (κ3) is 3.43. The minimum atomic E-state index is -0.0699. The first kappa shape index (κ1) is 15.5. The molecule has 0 radical (unpaired) electrons. The van der Waals surface area contributed by atoms with Crippen molar-refractivity contribution < 1.29 is 9.59 Å². The van der Waals surface area contributed by atoms with Gasteiger partial charge in [0.15, 0.2) is 5.78 Å². The first-order valence-corrected chi connectivity index (χ1v) is 7.66. The molecule has 0 unspecified atom stereocenters. The summed E-state index contributed by atoms with van der Waals surface area (Å²) in [4.78, 5) is 25.6. The molecule has 114 valence electrons. The predicted molar refractivity (Wildman–Crippen MR) is 84.7 cm³/mol. The van der Waals surface area contributed by atoms with Crippen LogP contribution in [0, 0.1) is 5.41 Å². The van der Waals surface area contributed by atoms with E-state index >= 15 is 0 Å². The summed E-state index contributed by atoms with van der Waals surface area (Å²) in [6.07, 6.45) is 3.28. The Hall–Kier alpha value is -1.84. The van der Waals surface area contributed by atoms with Crippen LogP contribution in [0.15, 0.2) is 24.3 Å². The van der Waals surface area contributed by atoms with Crippen LogP contribution in [0.3, 0.4) is 0 Å². The van der Waals surface area contributed by atoms with Gasteiger partial charge in [-0.2, -0.15) is 0 Å². The average molecular weight is 288 g/mol. The molecule has 4 heteroatoms. The Morgan fingerprint density at radius 1 is 1.29 bits per heavy atom. The number of hydrogen-bond donors (Lipinski definition) is 1. The molecule has 1 aliphatic rings. The van der Waals surface area contributed by atoms with E-state index in [4.69, 9.17) is 0 Å². The zero-order valence-corrected chi connectivity index (χ0v) is 13.1. The lowest BCUT2D eigenvalue weighted by atomic mass is 9.82. The lowest BCUT2D eigenvalue weighted by Gasteiger charge is -2.26. The number of carbonyl (C=O) groups excluding carboxylic acids is 2. The Labute approximate surface area is 126 Å². The molecule has 0 bridgehead atoms. The zero-order valence-electron chi connectivity index (χ0n) is 13.1. The van der Waals surface area contributed by atoms with Crippen molar-refractivity contribution >= 4 is 17.5 Å². The number of anilines is 1. The summed E-state index contributed by atoms with van der Waals surface area (Å²) in [5.74, 6) is 0.00301. The summed E-state index contributed by atoms with van der Waals surface area (Å²) >= 11 is 0. The standard InChI is InChI=1S/C17H24N2O2/c1-4-17(5-2)9-10-19(12-17)16(21)18-15-8-6-7-14(11-15)13(3)20/h6-8,11H,4-5,9-10,12H2,1-3H3,(H,18,21). The lowest BCUT2D eigenvalue weighted by Crippen LogP contribution is -2.35. The van der Waals surface area contributed by atoms with Gasteiger partial charge < -0.3 is 10.2 Å². The van der Waals surface area contributed by atoms with Crippen LogP contribution < -0.4 is 5.32 Å². The highest BCUT2D eigenvalue weighted by atomic mass is 16.2. The minimum absolute atomic E-state index is 0.00301. The molecule has 0 atom stereocenters. The summed E-state index contributed by atoms with van der Waals surface area (Å²) < 4.78 is 0. The molecule has 1 N–H and O–H groups in total. The number of ketones is 1. The van der Waals surface area contributed by atoms with Gasteiger partial charge in [0.25, 0.3) is 0 Å². The predicted octanol–water partition coefficient (Wildman–Crippen LogP) is 3.93. The summed E-state index contributed by atoms with van der Waals surface area (Å²) in [5, 5.41) is 2.90. The molecule has 1 fully saturated rings. The number of nitrogens with zero attached hydrogens (tertiary/aromatic N) is 1. The second-order valence-electron chi connectivity index (χ2n) is 5.95. The number of likely N-dealkylation sites (tertiary alicyclic amines) is 1. The zero-order chi connectivity index (χ0) is 15.5. The van der Waals surface area contributed by atoms with E-state index in [1.807, 2.05) is 11.0 Å². The van der Waals surface area contributed by atoms with Gasteiger partial charge in [-0.05, 0) is 43.7 Å². The van der Waals surface area contributed by atoms with Crippen LogP contribution in [0.4, 0.5) is 10.5 Å². The molecular weight excluding hydrogens is 264 g/mol. The van der Waals surface area contributed by atoms with Crippen LogP contribution in [0.5, 0.6) is 0 Å². The maximum Gasteiger partial charge on any atom is 0.321 e. The summed E-state index contributed by atoms with van der Waals surface area (Å²) in [6.45, 7) is 7.54. The Morgan fingerprint density at radius 2 is 2.00 bits per heavy atom. The first-order valence-electron chi connectivity index (χ1n) is 7.66. The fourth-order valence-corrected chi connectivity index (χ4v) is 2.95. The number of benzene rings is 1. The van der Waals surface area contributed by atoms with Gasteiger partial charge in [-0.1, -0.05) is 26.0 Å². The average Bonchev–Trinajstić information content (AvgIpc) is 2.93. The molecule has 2 amide bonds. The van der Waals surface area contributed by atoms with Gasteiger partial charge in [0.1, 0.15) is 0 Å². The lowest BCUT2D eigenvalue weighted by molar-refractivity contribution is 0.101. The number of hydrogen-bond acceptors (Lipinski definition) is 2. The third-order valence-electron chi connectivity index (χ3n) is 4.75. The second kappa shape index (κ2) is 6.29. The Kier molecular flexibility index (Phi) is 4.66. The van der Waals surface area contributed by atoms with Gasteiger partial charge in [0.2, 0.25) is 0 Å². The molecule has 1 aromatic carbocycles. The maximum atomic E-state index is 12.3. The molecule has 1 aromatic rings. The topological polar surface area (TPSA) is 49.4 Å². The van der Waals surface area contributed by atoms with E-state index < -0.39 is 0 Å². The molecule has 0 spiro atoms. The van der Waals surface area contributed by atoms with Crippen molar-refractivity contribution in [3.05, 3.63) is 29.8 Å². The maximum absolute atomic E-state index is 12.3. The van der Waals surface area contributed by atoms with Gasteiger partial charge in [-0.3, -0.25) is 4.79 Å². The van der Waals surface area contributed by atoms with E-state index in [2.05, 4.69) is 19.2 Å². The van der Waals surface area contributed by atoms with E-state index in [-0.39, 0.29) is 17.2 Å². The molecule has 1 heterocycles. The van der Waals surface area contributed by atoms with Gasteiger partial charge in [0, 0.05) is 24.3 Å². The van der Waals surface area contributed by atoms with Gasteiger partial charge >= 0.3 is 6.03 Å². The van der Waals surface area contributed by atoms with E-state index in [0.717, 1.165) is 32.4 Å². The number of rotatable bonds is 4. The normalized spacial score (nSPS) is 16.8. The van der Waals surface area contributed by atoms with Crippen LogP contribution in [-0.4, -0.2) is 29.8 Å². The van der Waals surface area contributed by atoms with Gasteiger partial charge in [-0.15, -0.1) is 0 Å². The molecule has 0 saturated carbocycles. The summed E-state index contributed by atoms with van der Waals surface area (Å²) in [6, 6.07) is 7.02. The van der Waals surface area contributed by atoms with Crippen molar-refractivity contribution in [2.45, 2.75) is 40.0 Å². The van der Waals surface area contributed by atoms with Gasteiger partial charge in [0.05, 0.1) is 0 Å². The summed E-state index contributed by atoms with van der Waals surface area (Å²) in [5.41, 5.74) is 1.57. The second-order valence-corrected chi connectivity index (χ2v) is 5.95. The van der Waals surface area contributed by atoms with Gasteiger partial charge in [-0.25, -0.2) is 4.79 Å². The van der Waals surface area contributed by atoms with Crippen molar-refractivity contribution in [1.29, 1.82) is 0 Å². The van der Waals surface area contributed by atoms with Crippen LogP contribution in [0.2, 0.25) is 0 Å². The number of carbonyl (C=O) groups is 2. The SMILES string of the molecule is CCC1(CC)CCN(C(=O)Nc2cccc(C(C)=O)c2)C1. The van der Waals surface area contributed by atoms with Crippen LogP contribution >= 0.6 is 0 Å². The highest BCUT2D eigenvalue weighted by Gasteiger charge is 2.36. The fourth-order valence-electron chi connectivity index (χ4n) is 2.95. The Balaban J connectivity index is 2.02. The Morgan fingerprint density at radius 3 is 2.57 bits per heavy atom. The van der Waals surface area contributed by atoms with Crippen molar-refractivity contribution in [2.24, 2.45) is 5.41 Å². The minimum Gasteiger partial charge on any atom is -0.324 e. The van der Waals surface area contributed by atoms with Crippen LogP contribution in [-0.2, 0) is 0 Å². The van der Waals surface area contributed by atoms with E-state index in [1.165, 1.54) is 6.92 Å². The van der Waals surface area contributed by atoms with E-state index in [9.17, 15) is 9.59 Å². The summed E-state index contributed by atoms with van der Waals surface area (Å²) in [7, 11) is 0. The van der Waals surface area contributed by atoms with Crippen molar-refractivity contribution in [1.82, 2.24) is 4.90 Å². The first-order chi connectivity index (χ1) is 9.99. The number of urea groups is 1. The van der Waals surface area contributed by atoms with E-state index in [1.54, 1.807) is 18.2 Å². The molecular formula is C17H24N2O2. The molecule has 2 rings (SSSR count). The number of nitrogens with one attached hydrogen (secondary N) is 1. The highest BCUT2D eigenvalue weighted by Crippen LogP contribution is 2.37. The van der Waals surface area contributed by atoms with Crippen LogP contribution in [0.1, 0.15) is 50.4 Å². The number of amides is 2. The number of Topliss-reactive ketones (excluding diaryl/α,β-unsaturated/α-hetero) is 1. The van der Waals surface area contributed by atoms with E-state index in [0.29, 0.717) is 11.3 Å². The monoisotopic (exact) mass is 288 g/mol. The van der Waals surface area contributed by atoms with Crippen molar-refractivity contribution in [2.75, 3.05) is 18.4 Å². The highest BCUT2D eigenvalue weighted by molar-refractivity contribution is 5.96. The molecule has 0 aliphatic carbocycles. The largest absolute Gasteiger partial charge is 0.324 e. The van der Waals surface area contributed by atoms with Crippen LogP contribution in [0.25, 0.3) is 0 Å². The fraction of sp³-hybridized carbons (Fsp3) is 0.529.